The van der Waals surface area contributed by atoms with Crippen molar-refractivity contribution < 1.29 is 18.7 Å². The smallest absolute Gasteiger partial charge is 0.266 e. The zero-order valence-corrected chi connectivity index (χ0v) is 16.2. The molecule has 0 unspecified atom stereocenters. The van der Waals surface area contributed by atoms with Gasteiger partial charge >= 0.3 is 0 Å². The van der Waals surface area contributed by atoms with Crippen molar-refractivity contribution in [1.29, 1.82) is 0 Å². The van der Waals surface area contributed by atoms with E-state index in [1.165, 1.54) is 24.5 Å². The molecule has 142 valence electrons. The van der Waals surface area contributed by atoms with Crippen LogP contribution in [0.5, 0.6) is 5.75 Å². The third kappa shape index (κ3) is 4.28. The molecule has 1 aromatic heterocycles. The monoisotopic (exact) mass is 387 g/mol. The molecule has 4 nitrogen and oxygen atoms in total. The van der Waals surface area contributed by atoms with Crippen LogP contribution in [0, 0.1) is 5.82 Å². The second kappa shape index (κ2) is 8.97. The largest absolute Gasteiger partial charge is 0.491 e. The lowest BCUT2D eigenvalue weighted by Gasteiger charge is -2.12. The Morgan fingerprint density at radius 3 is 2.78 bits per heavy atom. The first-order chi connectivity index (χ1) is 13.2. The van der Waals surface area contributed by atoms with Crippen molar-refractivity contribution in [3.8, 4) is 5.75 Å². The van der Waals surface area contributed by atoms with Crippen LogP contribution in [0.25, 0.3) is 10.1 Å². The summed E-state index contributed by atoms with van der Waals surface area (Å²) in [6, 6.07) is 12.2. The molecular formula is C21H22FNO3S. The summed E-state index contributed by atoms with van der Waals surface area (Å²) in [6.45, 7) is 2.85. The lowest BCUT2D eigenvalue weighted by molar-refractivity contribution is 0.102. The van der Waals surface area contributed by atoms with Crippen LogP contribution >= 0.6 is 11.3 Å². The highest BCUT2D eigenvalue weighted by molar-refractivity contribution is 7.21. The Morgan fingerprint density at radius 1 is 1.19 bits per heavy atom. The number of ether oxygens (including phenoxy) is 2. The van der Waals surface area contributed by atoms with Gasteiger partial charge in [0.15, 0.2) is 0 Å². The molecule has 0 spiro atoms. The van der Waals surface area contributed by atoms with Gasteiger partial charge in [0.2, 0.25) is 0 Å². The third-order valence-electron chi connectivity index (χ3n) is 4.15. The highest BCUT2D eigenvalue weighted by Crippen LogP contribution is 2.35. The molecule has 1 amide bonds. The fourth-order valence-electron chi connectivity index (χ4n) is 2.83. The first-order valence-electron chi connectivity index (χ1n) is 8.87. The number of carbonyl (C=O) groups is 1. The molecular weight excluding hydrogens is 365 g/mol. The summed E-state index contributed by atoms with van der Waals surface area (Å²) < 4.78 is 26.0. The molecule has 1 N–H and O–H groups in total. The molecule has 0 fully saturated rings. The second-order valence-corrected chi connectivity index (χ2v) is 7.16. The normalized spacial score (nSPS) is 10.9. The summed E-state index contributed by atoms with van der Waals surface area (Å²) in [6.07, 6.45) is 1.97. The van der Waals surface area contributed by atoms with Gasteiger partial charge in [-0.2, -0.15) is 0 Å². The van der Waals surface area contributed by atoms with Gasteiger partial charge in [0, 0.05) is 22.8 Å². The van der Waals surface area contributed by atoms with E-state index in [1.54, 1.807) is 18.2 Å². The van der Waals surface area contributed by atoms with Gasteiger partial charge in [0.25, 0.3) is 5.91 Å². The number of halogens is 1. The molecule has 3 rings (SSSR count). The van der Waals surface area contributed by atoms with E-state index in [9.17, 15) is 9.18 Å². The summed E-state index contributed by atoms with van der Waals surface area (Å²) in [5.74, 6) is -0.0211. The Morgan fingerprint density at radius 2 is 2.00 bits per heavy atom. The highest BCUT2D eigenvalue weighted by atomic mass is 32.1. The third-order valence-corrected chi connectivity index (χ3v) is 5.34. The zero-order chi connectivity index (χ0) is 19.2. The Bertz CT molecular complexity index is 938. The van der Waals surface area contributed by atoms with Gasteiger partial charge in [0.05, 0.1) is 23.8 Å². The van der Waals surface area contributed by atoms with E-state index in [0.717, 1.165) is 17.5 Å². The van der Waals surface area contributed by atoms with Gasteiger partial charge in [-0.25, -0.2) is 4.39 Å². The summed E-state index contributed by atoms with van der Waals surface area (Å²) in [7, 11) is 1.53. The van der Waals surface area contributed by atoms with Crippen molar-refractivity contribution in [2.75, 3.05) is 19.0 Å². The van der Waals surface area contributed by atoms with E-state index in [2.05, 4.69) is 12.2 Å². The van der Waals surface area contributed by atoms with Gasteiger partial charge in [-0.05, 0) is 30.7 Å². The molecule has 0 radical (unpaired) electrons. The number of thiophene rings is 1. The van der Waals surface area contributed by atoms with Crippen molar-refractivity contribution in [2.24, 2.45) is 0 Å². The number of benzene rings is 2. The Labute approximate surface area is 161 Å². The minimum atomic E-state index is -0.349. The van der Waals surface area contributed by atoms with E-state index in [0.29, 0.717) is 33.9 Å². The van der Waals surface area contributed by atoms with Gasteiger partial charge in [0.1, 0.15) is 11.6 Å². The van der Waals surface area contributed by atoms with Crippen LogP contribution in [0.2, 0.25) is 0 Å². The fourth-order valence-corrected chi connectivity index (χ4v) is 3.95. The number of rotatable bonds is 8. The van der Waals surface area contributed by atoms with Crippen molar-refractivity contribution in [3.05, 3.63) is 58.7 Å². The minimum absolute atomic E-state index is 0.165. The number of anilines is 1. The molecule has 0 saturated carbocycles. The predicted molar refractivity (Wildman–Crippen MR) is 107 cm³/mol. The van der Waals surface area contributed by atoms with Crippen molar-refractivity contribution in [2.45, 2.75) is 26.4 Å². The average Bonchev–Trinajstić information content (AvgIpc) is 3.04. The maximum atomic E-state index is 14.3. The summed E-state index contributed by atoms with van der Waals surface area (Å²) in [5.41, 5.74) is 1.16. The standard InChI is InChI=1S/C21H22FNO3S/c1-3-4-12-26-17-10-6-5-9-16(17)23-21(24)20-14(13-25-2)19-15(22)8-7-11-18(19)27-20/h5-11H,3-4,12-13H2,1-2H3,(H,23,24). The lowest BCUT2D eigenvalue weighted by atomic mass is 10.1. The summed E-state index contributed by atoms with van der Waals surface area (Å²) in [4.78, 5) is 13.4. The number of hydrogen-bond acceptors (Lipinski definition) is 4. The van der Waals surface area contributed by atoms with Crippen molar-refractivity contribution in [1.82, 2.24) is 0 Å². The SMILES string of the molecule is CCCCOc1ccccc1NC(=O)c1sc2cccc(F)c2c1COC. The van der Waals surface area contributed by atoms with E-state index in [4.69, 9.17) is 9.47 Å². The van der Waals surface area contributed by atoms with Gasteiger partial charge in [-0.15, -0.1) is 11.3 Å². The maximum absolute atomic E-state index is 14.3. The molecule has 0 saturated heterocycles. The molecule has 0 bridgehead atoms. The molecule has 2 aromatic carbocycles. The lowest BCUT2D eigenvalue weighted by Crippen LogP contribution is -2.13. The maximum Gasteiger partial charge on any atom is 0.266 e. The van der Waals surface area contributed by atoms with E-state index in [1.807, 2.05) is 18.2 Å². The predicted octanol–water partition coefficient (Wildman–Crippen LogP) is 5.62. The number of unbranched alkanes of at least 4 members (excludes halogenated alkanes) is 1. The second-order valence-electron chi connectivity index (χ2n) is 6.11. The Balaban J connectivity index is 1.91. The average molecular weight is 387 g/mol. The summed E-state index contributed by atoms with van der Waals surface area (Å²) in [5, 5.41) is 3.35. The first-order valence-corrected chi connectivity index (χ1v) is 9.69. The van der Waals surface area contributed by atoms with Gasteiger partial charge in [-0.1, -0.05) is 31.5 Å². The van der Waals surface area contributed by atoms with Crippen molar-refractivity contribution >= 4 is 33.0 Å². The van der Waals surface area contributed by atoms with Crippen LogP contribution in [0.15, 0.2) is 42.5 Å². The summed E-state index contributed by atoms with van der Waals surface area (Å²) >= 11 is 1.26. The molecule has 3 aromatic rings. The van der Waals surface area contributed by atoms with Crippen LogP contribution in [0.3, 0.4) is 0 Å². The number of para-hydroxylation sites is 2. The first kappa shape index (κ1) is 19.3. The van der Waals surface area contributed by atoms with E-state index in [-0.39, 0.29) is 18.3 Å². The number of carbonyl (C=O) groups excluding carboxylic acids is 1. The minimum Gasteiger partial charge on any atom is -0.491 e. The van der Waals surface area contributed by atoms with Crippen LogP contribution in [0.4, 0.5) is 10.1 Å². The molecule has 6 heteroatoms. The quantitative estimate of drug-likeness (QED) is 0.511. The fraction of sp³-hybridized carbons (Fsp3) is 0.286. The van der Waals surface area contributed by atoms with E-state index >= 15 is 0 Å². The highest BCUT2D eigenvalue weighted by Gasteiger charge is 2.21. The molecule has 0 aliphatic rings. The molecule has 1 heterocycles. The number of methoxy groups -OCH3 is 1. The van der Waals surface area contributed by atoms with E-state index < -0.39 is 0 Å². The number of fused-ring (bicyclic) bond motifs is 1. The number of hydrogen-bond donors (Lipinski definition) is 1. The van der Waals surface area contributed by atoms with Crippen molar-refractivity contribution in [3.63, 3.8) is 0 Å². The Kier molecular flexibility index (Phi) is 6.42. The Hall–Kier alpha value is -2.44. The van der Waals surface area contributed by atoms with Crippen LogP contribution in [0.1, 0.15) is 35.0 Å². The van der Waals surface area contributed by atoms with Gasteiger partial charge in [-0.3, -0.25) is 4.79 Å². The molecule has 0 aliphatic carbocycles. The molecule has 0 aliphatic heterocycles. The van der Waals surface area contributed by atoms with Gasteiger partial charge < -0.3 is 14.8 Å². The number of amides is 1. The van der Waals surface area contributed by atoms with Crippen LogP contribution < -0.4 is 10.1 Å². The van der Waals surface area contributed by atoms with Crippen LogP contribution in [-0.4, -0.2) is 19.6 Å². The zero-order valence-electron chi connectivity index (χ0n) is 15.4. The number of nitrogens with one attached hydrogen (secondary N) is 1. The molecule has 27 heavy (non-hydrogen) atoms. The van der Waals surface area contributed by atoms with Crippen LogP contribution in [-0.2, 0) is 11.3 Å². The topological polar surface area (TPSA) is 47.6 Å². The molecule has 0 atom stereocenters.